The van der Waals surface area contributed by atoms with Gasteiger partial charge in [-0.3, -0.25) is 0 Å². The molecule has 3 rings (SSSR count). The number of allylic oxidation sites excluding steroid dienone is 1. The maximum Gasteiger partial charge on any atom is 0.00247 e. The fourth-order valence-electron chi connectivity index (χ4n) is 3.30. The predicted molar refractivity (Wildman–Crippen MR) is 69.7 cm³/mol. The minimum Gasteiger partial charge on any atom is -0.0764 e. The summed E-state index contributed by atoms with van der Waals surface area (Å²) < 4.78 is 0. The molecule has 0 heterocycles. The maximum atomic E-state index is 2.48. The van der Waals surface area contributed by atoms with Crippen molar-refractivity contribution in [2.45, 2.75) is 46.0 Å². The van der Waals surface area contributed by atoms with Gasteiger partial charge in [0.1, 0.15) is 0 Å². The minimum atomic E-state index is 0. The zero-order valence-electron chi connectivity index (χ0n) is 11.0. The molecule has 2 aliphatic rings. The topological polar surface area (TPSA) is 0 Å². The van der Waals surface area contributed by atoms with Crippen LogP contribution in [0.15, 0.2) is 18.2 Å². The molecule has 0 nitrogen and oxygen atoms in total. The van der Waals surface area contributed by atoms with Crippen LogP contribution >= 0.6 is 0 Å². The quantitative estimate of drug-likeness (QED) is 0.626. The summed E-state index contributed by atoms with van der Waals surface area (Å²) in [5.41, 5.74) is 6.71. The van der Waals surface area contributed by atoms with Crippen molar-refractivity contribution in [3.63, 3.8) is 0 Å². The molecule has 1 aromatic carbocycles. The Morgan fingerprint density at radius 1 is 1.18 bits per heavy atom. The Bertz CT molecular complexity index is 469. The van der Waals surface area contributed by atoms with Crippen molar-refractivity contribution in [2.24, 2.45) is 5.41 Å². The van der Waals surface area contributed by atoms with Crippen molar-refractivity contribution in [3.8, 4) is 0 Å². The number of benzene rings is 1. The Hall–Kier alpha value is -0.170. The second kappa shape index (κ2) is 4.50. The first-order valence-corrected chi connectivity index (χ1v) is 6.43. The summed E-state index contributed by atoms with van der Waals surface area (Å²) in [5, 5.41) is 0. The summed E-state index contributed by atoms with van der Waals surface area (Å²) in [6.45, 7) is 7.04. The SMILES string of the molecule is CCC1C=Cc2cc3c(cc21)CC(C)(C)C3.[Hf]. The molecule has 0 N–H and O–H groups in total. The molecule has 0 saturated heterocycles. The van der Waals surface area contributed by atoms with Crippen molar-refractivity contribution in [3.05, 3.63) is 40.5 Å². The molecule has 0 radical (unpaired) electrons. The molecule has 1 unspecified atom stereocenters. The van der Waals surface area contributed by atoms with Gasteiger partial charge in [0.15, 0.2) is 0 Å². The third-order valence-corrected chi connectivity index (χ3v) is 4.09. The van der Waals surface area contributed by atoms with E-state index in [9.17, 15) is 0 Å². The van der Waals surface area contributed by atoms with Crippen LogP contribution in [0.5, 0.6) is 0 Å². The molecule has 0 bridgehead atoms. The molecule has 0 aliphatic heterocycles. The fraction of sp³-hybridized carbons (Fsp3) is 0.500. The summed E-state index contributed by atoms with van der Waals surface area (Å²) in [6.07, 6.45) is 8.41. The Balaban J connectivity index is 0.00000108. The van der Waals surface area contributed by atoms with Gasteiger partial charge in [0.05, 0.1) is 0 Å². The van der Waals surface area contributed by atoms with Crippen LogP contribution in [0.3, 0.4) is 0 Å². The Kier molecular flexibility index (Phi) is 3.51. The largest absolute Gasteiger partial charge is 0.0764 e. The van der Waals surface area contributed by atoms with E-state index in [-0.39, 0.29) is 25.8 Å². The van der Waals surface area contributed by atoms with E-state index >= 15 is 0 Å². The van der Waals surface area contributed by atoms with E-state index in [0.29, 0.717) is 11.3 Å². The van der Waals surface area contributed by atoms with Crippen LogP contribution in [-0.4, -0.2) is 0 Å². The Morgan fingerprint density at radius 2 is 1.82 bits per heavy atom. The molecule has 1 atom stereocenters. The van der Waals surface area contributed by atoms with E-state index in [1.165, 1.54) is 24.8 Å². The summed E-state index contributed by atoms with van der Waals surface area (Å²) >= 11 is 0. The van der Waals surface area contributed by atoms with Crippen molar-refractivity contribution >= 4 is 6.08 Å². The molecule has 88 valence electrons. The summed E-state index contributed by atoms with van der Waals surface area (Å²) in [6, 6.07) is 4.92. The summed E-state index contributed by atoms with van der Waals surface area (Å²) in [7, 11) is 0. The first-order valence-electron chi connectivity index (χ1n) is 6.43. The summed E-state index contributed by atoms with van der Waals surface area (Å²) in [4.78, 5) is 0. The zero-order valence-corrected chi connectivity index (χ0v) is 14.6. The van der Waals surface area contributed by atoms with Gasteiger partial charge in [-0.15, -0.1) is 0 Å². The molecule has 1 heteroatoms. The molecule has 0 amide bonds. The number of hydrogen-bond donors (Lipinski definition) is 0. The van der Waals surface area contributed by atoms with Gasteiger partial charge in [-0.2, -0.15) is 0 Å². The Morgan fingerprint density at radius 3 is 2.47 bits per heavy atom. The average molecular weight is 391 g/mol. The first-order chi connectivity index (χ1) is 7.59. The third kappa shape index (κ3) is 2.23. The van der Waals surface area contributed by atoms with E-state index < -0.39 is 0 Å². The van der Waals surface area contributed by atoms with Gasteiger partial charge in [0.25, 0.3) is 0 Å². The van der Waals surface area contributed by atoms with Crippen molar-refractivity contribution in [1.82, 2.24) is 0 Å². The van der Waals surface area contributed by atoms with E-state index in [2.05, 4.69) is 45.1 Å². The molecule has 0 fully saturated rings. The van der Waals surface area contributed by atoms with Gasteiger partial charge in [0, 0.05) is 31.8 Å². The maximum absolute atomic E-state index is 2.48. The molecule has 17 heavy (non-hydrogen) atoms. The Labute approximate surface area is 123 Å². The molecule has 0 aromatic heterocycles. The van der Waals surface area contributed by atoms with Crippen LogP contribution in [0, 0.1) is 5.41 Å². The fourth-order valence-corrected chi connectivity index (χ4v) is 3.30. The van der Waals surface area contributed by atoms with Gasteiger partial charge < -0.3 is 0 Å². The van der Waals surface area contributed by atoms with Crippen LogP contribution in [0.4, 0.5) is 0 Å². The second-order valence-corrected chi connectivity index (χ2v) is 6.14. The molecule has 0 spiro atoms. The third-order valence-electron chi connectivity index (χ3n) is 4.09. The average Bonchev–Trinajstić information content (AvgIpc) is 2.71. The van der Waals surface area contributed by atoms with Crippen molar-refractivity contribution in [2.75, 3.05) is 0 Å². The van der Waals surface area contributed by atoms with Crippen LogP contribution < -0.4 is 0 Å². The smallest absolute Gasteiger partial charge is 0.00247 e. The van der Waals surface area contributed by atoms with Crippen molar-refractivity contribution < 1.29 is 25.8 Å². The van der Waals surface area contributed by atoms with Crippen LogP contribution in [0.2, 0.25) is 0 Å². The predicted octanol–water partition coefficient (Wildman–Crippen LogP) is 4.33. The van der Waals surface area contributed by atoms with Gasteiger partial charge in [-0.05, 0) is 46.9 Å². The van der Waals surface area contributed by atoms with Crippen molar-refractivity contribution in [1.29, 1.82) is 0 Å². The molecule has 1 aromatic rings. The van der Waals surface area contributed by atoms with Crippen LogP contribution in [0.1, 0.15) is 55.4 Å². The standard InChI is InChI=1S/C16H20.Hf/c1-4-11-5-6-12-7-13-9-16(2,3)10-14(13)8-15(11)12;/h5-8,11H,4,9-10H2,1-3H3;. The van der Waals surface area contributed by atoms with Gasteiger partial charge in [-0.1, -0.05) is 45.1 Å². The second-order valence-electron chi connectivity index (χ2n) is 6.14. The number of fused-ring (bicyclic) bond motifs is 2. The van der Waals surface area contributed by atoms with Gasteiger partial charge >= 0.3 is 0 Å². The van der Waals surface area contributed by atoms with Crippen LogP contribution in [-0.2, 0) is 38.7 Å². The number of hydrogen-bond acceptors (Lipinski definition) is 0. The molecular weight excluding hydrogens is 371 g/mol. The number of rotatable bonds is 1. The van der Waals surface area contributed by atoms with E-state index in [4.69, 9.17) is 0 Å². The molecular formula is C16H20Hf. The normalized spacial score (nSPS) is 23.1. The summed E-state index contributed by atoms with van der Waals surface area (Å²) in [5.74, 6) is 0.670. The molecule has 0 saturated carbocycles. The van der Waals surface area contributed by atoms with Gasteiger partial charge in [-0.25, -0.2) is 0 Å². The minimum absolute atomic E-state index is 0. The monoisotopic (exact) mass is 392 g/mol. The molecule has 2 aliphatic carbocycles. The first kappa shape index (κ1) is 13.3. The van der Waals surface area contributed by atoms with Crippen LogP contribution in [0.25, 0.3) is 6.08 Å². The van der Waals surface area contributed by atoms with Gasteiger partial charge in [0.2, 0.25) is 0 Å². The zero-order chi connectivity index (χ0) is 11.3. The van der Waals surface area contributed by atoms with E-state index in [1.807, 2.05) is 0 Å². The van der Waals surface area contributed by atoms with E-state index in [0.717, 1.165) is 0 Å². The van der Waals surface area contributed by atoms with E-state index in [1.54, 1.807) is 16.7 Å².